The van der Waals surface area contributed by atoms with Gasteiger partial charge in [0.2, 0.25) is 0 Å². The number of carbonyl (C=O) groups is 2. The van der Waals surface area contributed by atoms with Crippen molar-refractivity contribution in [1.29, 1.82) is 0 Å². The third kappa shape index (κ3) is 5.85. The smallest absolute Gasteiger partial charge is 0.314 e. The Balaban J connectivity index is 2.19. The summed E-state index contributed by atoms with van der Waals surface area (Å²) >= 11 is 0. The van der Waals surface area contributed by atoms with Gasteiger partial charge in [-0.1, -0.05) is 6.92 Å². The minimum atomic E-state index is -0.887. The Labute approximate surface area is 124 Å². The molecule has 118 valence electrons. The molecule has 0 aromatic carbocycles. The second-order valence-corrected chi connectivity index (χ2v) is 5.08. The molecule has 3 N–H and O–H groups in total. The number of carboxylic acids is 1. The topological polar surface area (TPSA) is 96.3 Å². The van der Waals surface area contributed by atoms with Crippen molar-refractivity contribution in [3.05, 3.63) is 17.5 Å². The van der Waals surface area contributed by atoms with E-state index in [1.165, 1.54) is 0 Å². The summed E-state index contributed by atoms with van der Waals surface area (Å²) in [5.41, 5.74) is 2.08. The monoisotopic (exact) mass is 296 g/mol. The Morgan fingerprint density at radius 2 is 2.10 bits per heavy atom. The molecule has 1 unspecified atom stereocenters. The van der Waals surface area contributed by atoms with E-state index >= 15 is 0 Å². The summed E-state index contributed by atoms with van der Waals surface area (Å²) < 4.78 is 1.91. The van der Waals surface area contributed by atoms with Gasteiger partial charge in [-0.2, -0.15) is 5.10 Å². The molecule has 0 aliphatic carbocycles. The lowest BCUT2D eigenvalue weighted by atomic mass is 10.1. The molecule has 0 saturated carbocycles. The standard InChI is InChI=1S/C14H24N4O3/c1-4-12(13(19)20)9-16-14(21)15-6-5-7-18-11(3)8-10(2)17-18/h8,12H,4-7,9H2,1-3H3,(H,19,20)(H2,15,16,21). The number of carbonyl (C=O) groups excluding carboxylic acids is 1. The average Bonchev–Trinajstić information content (AvgIpc) is 2.73. The van der Waals surface area contributed by atoms with Crippen LogP contribution in [0.3, 0.4) is 0 Å². The lowest BCUT2D eigenvalue weighted by Crippen LogP contribution is -2.40. The number of nitrogens with one attached hydrogen (secondary N) is 2. The van der Waals surface area contributed by atoms with Crippen LogP contribution in [0, 0.1) is 19.8 Å². The number of hydrogen-bond acceptors (Lipinski definition) is 3. The van der Waals surface area contributed by atoms with Crippen molar-refractivity contribution in [2.45, 2.75) is 40.2 Å². The minimum absolute atomic E-state index is 0.148. The van der Waals surface area contributed by atoms with Crippen molar-refractivity contribution in [2.75, 3.05) is 13.1 Å². The van der Waals surface area contributed by atoms with Crippen molar-refractivity contribution in [1.82, 2.24) is 20.4 Å². The van der Waals surface area contributed by atoms with Crippen LogP contribution in [0.25, 0.3) is 0 Å². The zero-order chi connectivity index (χ0) is 15.8. The Kier molecular flexibility index (Phi) is 6.71. The van der Waals surface area contributed by atoms with Crippen LogP contribution in [-0.4, -0.2) is 40.0 Å². The molecule has 7 heteroatoms. The highest BCUT2D eigenvalue weighted by atomic mass is 16.4. The van der Waals surface area contributed by atoms with Crippen molar-refractivity contribution < 1.29 is 14.7 Å². The molecule has 7 nitrogen and oxygen atoms in total. The molecule has 1 heterocycles. The van der Waals surface area contributed by atoms with Gasteiger partial charge in [-0.25, -0.2) is 4.79 Å². The molecule has 0 aliphatic heterocycles. The molecule has 0 radical (unpaired) electrons. The van der Waals surface area contributed by atoms with Gasteiger partial charge in [0.05, 0.1) is 11.6 Å². The Bertz CT molecular complexity index is 485. The van der Waals surface area contributed by atoms with E-state index in [0.717, 1.165) is 24.4 Å². The maximum Gasteiger partial charge on any atom is 0.314 e. The number of urea groups is 1. The third-order valence-electron chi connectivity index (χ3n) is 3.29. The molecular weight excluding hydrogens is 272 g/mol. The predicted octanol–water partition coefficient (Wildman–Crippen LogP) is 1.30. The largest absolute Gasteiger partial charge is 0.481 e. The van der Waals surface area contributed by atoms with Crippen molar-refractivity contribution in [3.63, 3.8) is 0 Å². The van der Waals surface area contributed by atoms with Crippen LogP contribution in [0.15, 0.2) is 6.07 Å². The van der Waals surface area contributed by atoms with E-state index in [-0.39, 0.29) is 12.6 Å². The molecular formula is C14H24N4O3. The van der Waals surface area contributed by atoms with E-state index in [9.17, 15) is 9.59 Å². The third-order valence-corrected chi connectivity index (χ3v) is 3.29. The van der Waals surface area contributed by atoms with Gasteiger partial charge in [-0.3, -0.25) is 9.48 Å². The summed E-state index contributed by atoms with van der Waals surface area (Å²) in [4.78, 5) is 22.3. The number of hydrogen-bond donors (Lipinski definition) is 3. The maximum atomic E-state index is 11.5. The minimum Gasteiger partial charge on any atom is -0.481 e. The Morgan fingerprint density at radius 1 is 1.38 bits per heavy atom. The fraction of sp³-hybridized carbons (Fsp3) is 0.643. The van der Waals surface area contributed by atoms with Gasteiger partial charge in [0.25, 0.3) is 0 Å². The van der Waals surface area contributed by atoms with Crippen LogP contribution in [0.2, 0.25) is 0 Å². The molecule has 2 amide bonds. The van der Waals surface area contributed by atoms with Crippen LogP contribution in [0.1, 0.15) is 31.2 Å². The van der Waals surface area contributed by atoms with Crippen LogP contribution in [-0.2, 0) is 11.3 Å². The zero-order valence-corrected chi connectivity index (χ0v) is 12.8. The molecule has 1 aromatic rings. The zero-order valence-electron chi connectivity index (χ0n) is 12.8. The van der Waals surface area contributed by atoms with Crippen molar-refractivity contribution in [2.24, 2.45) is 5.92 Å². The lowest BCUT2D eigenvalue weighted by Gasteiger charge is -2.12. The molecule has 21 heavy (non-hydrogen) atoms. The first-order valence-corrected chi connectivity index (χ1v) is 7.19. The normalized spacial score (nSPS) is 12.0. The first-order chi connectivity index (χ1) is 9.93. The average molecular weight is 296 g/mol. The summed E-state index contributed by atoms with van der Waals surface area (Å²) in [6, 6.07) is 1.68. The molecule has 1 aromatic heterocycles. The summed E-state index contributed by atoms with van der Waals surface area (Å²) in [5.74, 6) is -1.42. The quantitative estimate of drug-likeness (QED) is 0.630. The number of carboxylic acid groups (broad SMARTS) is 1. The maximum absolute atomic E-state index is 11.5. The van der Waals surface area contributed by atoms with Crippen LogP contribution in [0.4, 0.5) is 4.79 Å². The first-order valence-electron chi connectivity index (χ1n) is 7.19. The second kappa shape index (κ2) is 8.28. The van der Waals surface area contributed by atoms with E-state index < -0.39 is 11.9 Å². The van der Waals surface area contributed by atoms with E-state index in [1.54, 1.807) is 6.92 Å². The fourth-order valence-electron chi connectivity index (χ4n) is 2.02. The molecule has 0 spiro atoms. The van der Waals surface area contributed by atoms with Crippen LogP contribution < -0.4 is 10.6 Å². The van der Waals surface area contributed by atoms with E-state index in [4.69, 9.17) is 5.11 Å². The van der Waals surface area contributed by atoms with Gasteiger partial charge < -0.3 is 15.7 Å². The molecule has 0 bridgehead atoms. The molecule has 0 fully saturated rings. The summed E-state index contributed by atoms with van der Waals surface area (Å²) in [6.45, 7) is 7.14. The van der Waals surface area contributed by atoms with Gasteiger partial charge in [0.15, 0.2) is 0 Å². The number of nitrogens with zero attached hydrogens (tertiary/aromatic N) is 2. The van der Waals surface area contributed by atoms with Gasteiger partial charge >= 0.3 is 12.0 Å². The van der Waals surface area contributed by atoms with Crippen molar-refractivity contribution >= 4 is 12.0 Å². The van der Waals surface area contributed by atoms with Gasteiger partial charge in [0.1, 0.15) is 0 Å². The highest BCUT2D eigenvalue weighted by Gasteiger charge is 2.15. The highest BCUT2D eigenvalue weighted by molar-refractivity contribution is 5.75. The molecule has 0 saturated heterocycles. The predicted molar refractivity (Wildman–Crippen MR) is 79.1 cm³/mol. The van der Waals surface area contributed by atoms with E-state index in [2.05, 4.69) is 15.7 Å². The Hall–Kier alpha value is -2.05. The molecule has 1 rings (SSSR count). The fourth-order valence-corrected chi connectivity index (χ4v) is 2.02. The van der Waals surface area contributed by atoms with Crippen molar-refractivity contribution in [3.8, 4) is 0 Å². The number of aliphatic carboxylic acids is 1. The van der Waals surface area contributed by atoms with Gasteiger partial charge in [-0.05, 0) is 32.8 Å². The van der Waals surface area contributed by atoms with Gasteiger partial charge in [-0.15, -0.1) is 0 Å². The van der Waals surface area contributed by atoms with E-state index in [1.807, 2.05) is 24.6 Å². The second-order valence-electron chi connectivity index (χ2n) is 5.08. The summed E-state index contributed by atoms with van der Waals surface area (Å²) in [7, 11) is 0. The first kappa shape index (κ1) is 17.0. The number of aryl methyl sites for hydroxylation is 3. The van der Waals surface area contributed by atoms with E-state index in [0.29, 0.717) is 13.0 Å². The number of rotatable bonds is 8. The van der Waals surface area contributed by atoms with Gasteiger partial charge in [0, 0.05) is 25.3 Å². The van der Waals surface area contributed by atoms with Crippen LogP contribution in [0.5, 0.6) is 0 Å². The molecule has 1 atom stereocenters. The number of aromatic nitrogens is 2. The summed E-state index contributed by atoms with van der Waals surface area (Å²) in [6.07, 6.45) is 1.26. The SMILES string of the molecule is CCC(CNC(=O)NCCCn1nc(C)cc1C)C(=O)O. The van der Waals surface area contributed by atoms with Crippen LogP contribution >= 0.6 is 0 Å². The number of amides is 2. The highest BCUT2D eigenvalue weighted by Crippen LogP contribution is 2.02. The molecule has 0 aliphatic rings. The summed E-state index contributed by atoms with van der Waals surface area (Å²) in [5, 5.41) is 18.5. The lowest BCUT2D eigenvalue weighted by molar-refractivity contribution is -0.141. The Morgan fingerprint density at radius 3 is 2.62 bits per heavy atom.